The van der Waals surface area contributed by atoms with Gasteiger partial charge in [0.05, 0.1) is 6.42 Å². The number of amides is 2. The van der Waals surface area contributed by atoms with E-state index in [0.29, 0.717) is 17.2 Å². The summed E-state index contributed by atoms with van der Waals surface area (Å²) in [5.41, 5.74) is 3.07. The van der Waals surface area contributed by atoms with Crippen molar-refractivity contribution >= 4 is 17.8 Å². The van der Waals surface area contributed by atoms with Gasteiger partial charge in [-0.3, -0.25) is 19.8 Å². The SMILES string of the molecule is COC1OC(=O)C[C@@H]1N(NC(=O)c1ccc(-c2cccc(F)c2)o1)C(=O)CCC1CCCCC1. The van der Waals surface area contributed by atoms with E-state index in [-0.39, 0.29) is 24.5 Å². The summed E-state index contributed by atoms with van der Waals surface area (Å²) in [5, 5.41) is 1.15. The Morgan fingerprint density at radius 2 is 1.97 bits per heavy atom. The normalized spacial score (nSPS) is 20.7. The zero-order valence-corrected chi connectivity index (χ0v) is 19.1. The molecule has 182 valence electrons. The lowest BCUT2D eigenvalue weighted by Gasteiger charge is -2.31. The highest BCUT2D eigenvalue weighted by Gasteiger charge is 2.42. The van der Waals surface area contributed by atoms with Crippen molar-refractivity contribution in [3.8, 4) is 11.3 Å². The molecular formula is C25H29FN2O6. The summed E-state index contributed by atoms with van der Waals surface area (Å²) >= 11 is 0. The fourth-order valence-electron chi connectivity index (χ4n) is 4.62. The second-order valence-corrected chi connectivity index (χ2v) is 8.79. The van der Waals surface area contributed by atoms with E-state index in [1.165, 1.54) is 44.6 Å². The number of hydrogen-bond donors (Lipinski definition) is 1. The molecule has 2 fully saturated rings. The molecule has 2 aromatic rings. The maximum atomic E-state index is 13.5. The van der Waals surface area contributed by atoms with E-state index in [0.717, 1.165) is 24.3 Å². The minimum atomic E-state index is -0.981. The molecule has 1 aliphatic carbocycles. The molecule has 1 saturated carbocycles. The summed E-state index contributed by atoms with van der Waals surface area (Å²) in [6, 6.07) is 8.03. The van der Waals surface area contributed by atoms with E-state index < -0.39 is 30.0 Å². The summed E-state index contributed by atoms with van der Waals surface area (Å²) in [5.74, 6) is -1.18. The second-order valence-electron chi connectivity index (χ2n) is 8.79. The van der Waals surface area contributed by atoms with Crippen LogP contribution in [0.25, 0.3) is 11.3 Å². The van der Waals surface area contributed by atoms with E-state index in [1.807, 2.05) is 0 Å². The van der Waals surface area contributed by atoms with Gasteiger partial charge in [0.15, 0.2) is 5.76 Å². The third-order valence-electron chi connectivity index (χ3n) is 6.42. The van der Waals surface area contributed by atoms with Crippen LogP contribution in [0.3, 0.4) is 0 Å². The number of carbonyl (C=O) groups excluding carboxylic acids is 3. The van der Waals surface area contributed by atoms with Gasteiger partial charge in [-0.15, -0.1) is 0 Å². The van der Waals surface area contributed by atoms with Crippen molar-refractivity contribution in [1.82, 2.24) is 10.4 Å². The molecule has 8 nitrogen and oxygen atoms in total. The molecule has 0 bridgehead atoms. The van der Waals surface area contributed by atoms with Crippen LogP contribution in [-0.4, -0.2) is 42.2 Å². The van der Waals surface area contributed by atoms with Crippen LogP contribution in [0, 0.1) is 11.7 Å². The zero-order valence-electron chi connectivity index (χ0n) is 19.1. The first-order chi connectivity index (χ1) is 16.4. The molecule has 0 radical (unpaired) electrons. The van der Waals surface area contributed by atoms with Gasteiger partial charge < -0.3 is 13.9 Å². The molecule has 1 aliphatic heterocycles. The third kappa shape index (κ3) is 5.64. The Kier molecular flexibility index (Phi) is 7.62. The highest BCUT2D eigenvalue weighted by molar-refractivity contribution is 5.93. The van der Waals surface area contributed by atoms with Crippen molar-refractivity contribution in [3.05, 3.63) is 48.0 Å². The number of ether oxygens (including phenoxy) is 2. The quantitative estimate of drug-likeness (QED) is 0.479. The van der Waals surface area contributed by atoms with Crippen LogP contribution in [0.4, 0.5) is 4.39 Å². The molecule has 4 rings (SSSR count). The Balaban J connectivity index is 1.48. The number of methoxy groups -OCH3 is 1. The van der Waals surface area contributed by atoms with Gasteiger partial charge in [-0.05, 0) is 36.6 Å². The number of benzene rings is 1. The second kappa shape index (κ2) is 10.8. The maximum Gasteiger partial charge on any atom is 0.310 e. The van der Waals surface area contributed by atoms with E-state index >= 15 is 0 Å². The summed E-state index contributed by atoms with van der Waals surface area (Å²) in [7, 11) is 1.38. The number of nitrogens with one attached hydrogen (secondary N) is 1. The molecule has 0 spiro atoms. The number of esters is 1. The van der Waals surface area contributed by atoms with Crippen LogP contribution in [0.5, 0.6) is 0 Å². The van der Waals surface area contributed by atoms with Gasteiger partial charge in [0, 0.05) is 19.1 Å². The molecule has 1 unspecified atom stereocenters. The molecule has 1 aromatic carbocycles. The van der Waals surface area contributed by atoms with Crippen LogP contribution in [0.1, 0.15) is 61.9 Å². The predicted octanol–water partition coefficient (Wildman–Crippen LogP) is 4.21. The fraction of sp³-hybridized carbons (Fsp3) is 0.480. The maximum absolute atomic E-state index is 13.5. The Morgan fingerprint density at radius 1 is 1.18 bits per heavy atom. The lowest BCUT2D eigenvalue weighted by Crippen LogP contribution is -2.55. The van der Waals surface area contributed by atoms with Crippen LogP contribution in [-0.2, 0) is 19.1 Å². The third-order valence-corrected chi connectivity index (χ3v) is 6.42. The van der Waals surface area contributed by atoms with Crippen LogP contribution in [0.15, 0.2) is 40.8 Å². The van der Waals surface area contributed by atoms with Gasteiger partial charge in [-0.1, -0.05) is 44.2 Å². The van der Waals surface area contributed by atoms with E-state index in [1.54, 1.807) is 18.2 Å². The first kappa shape index (κ1) is 23.9. The topological polar surface area (TPSA) is 98.1 Å². The average Bonchev–Trinajstić information content (AvgIpc) is 3.48. The summed E-state index contributed by atoms with van der Waals surface area (Å²) < 4.78 is 29.5. The number of nitrogens with zero attached hydrogens (tertiary/aromatic N) is 1. The number of furan rings is 1. The van der Waals surface area contributed by atoms with E-state index in [9.17, 15) is 18.8 Å². The monoisotopic (exact) mass is 472 g/mol. The molecule has 1 N–H and O–H groups in total. The smallest absolute Gasteiger partial charge is 0.310 e. The van der Waals surface area contributed by atoms with Gasteiger partial charge in [0.1, 0.15) is 17.6 Å². The van der Waals surface area contributed by atoms with Crippen LogP contribution >= 0.6 is 0 Å². The summed E-state index contributed by atoms with van der Waals surface area (Å²) in [4.78, 5) is 38.1. The van der Waals surface area contributed by atoms with E-state index in [2.05, 4.69) is 5.43 Å². The molecule has 34 heavy (non-hydrogen) atoms. The minimum Gasteiger partial charge on any atom is -0.451 e. The van der Waals surface area contributed by atoms with Crippen molar-refractivity contribution in [2.75, 3.05) is 7.11 Å². The van der Waals surface area contributed by atoms with Crippen molar-refractivity contribution < 1.29 is 32.7 Å². The van der Waals surface area contributed by atoms with Crippen molar-refractivity contribution in [2.45, 2.75) is 63.7 Å². The Labute approximate surface area is 197 Å². The minimum absolute atomic E-state index is 0.0523. The number of hydrogen-bond acceptors (Lipinski definition) is 6. The molecule has 2 atom stereocenters. The molecule has 2 heterocycles. The molecule has 9 heteroatoms. The van der Waals surface area contributed by atoms with Gasteiger partial charge in [-0.25, -0.2) is 9.40 Å². The Hall–Kier alpha value is -3.20. The first-order valence-corrected chi connectivity index (χ1v) is 11.7. The fourth-order valence-corrected chi connectivity index (χ4v) is 4.62. The largest absolute Gasteiger partial charge is 0.451 e. The first-order valence-electron chi connectivity index (χ1n) is 11.7. The molecule has 1 saturated heterocycles. The lowest BCUT2D eigenvalue weighted by atomic mass is 9.86. The highest BCUT2D eigenvalue weighted by Crippen LogP contribution is 2.29. The average molecular weight is 473 g/mol. The molecule has 2 amide bonds. The molecular weight excluding hydrogens is 443 g/mol. The summed E-state index contributed by atoms with van der Waals surface area (Å²) in [6.07, 6.45) is 5.63. The van der Waals surface area contributed by atoms with Crippen molar-refractivity contribution in [1.29, 1.82) is 0 Å². The number of carbonyl (C=O) groups is 3. The standard InChI is InChI=1S/C25H29FN2O6/c1-32-25-19(15-23(30)34-25)28(22(29)13-10-16-6-3-2-4-7-16)27-24(31)21-12-11-20(33-21)17-8-5-9-18(26)14-17/h5,8-9,11-12,14,16,19,25H,2-4,6-7,10,13,15H2,1H3,(H,27,31)/t19-,25?/m0/s1. The zero-order chi connectivity index (χ0) is 24.1. The number of hydrazine groups is 1. The van der Waals surface area contributed by atoms with Gasteiger partial charge in [0.2, 0.25) is 12.2 Å². The van der Waals surface area contributed by atoms with E-state index in [4.69, 9.17) is 13.9 Å². The van der Waals surface area contributed by atoms with Gasteiger partial charge in [0.25, 0.3) is 0 Å². The lowest BCUT2D eigenvalue weighted by molar-refractivity contribution is -0.167. The van der Waals surface area contributed by atoms with Crippen LogP contribution < -0.4 is 5.43 Å². The number of cyclic esters (lactones) is 1. The molecule has 2 aliphatic rings. The molecule has 1 aromatic heterocycles. The number of halogens is 1. The predicted molar refractivity (Wildman–Crippen MR) is 120 cm³/mol. The Morgan fingerprint density at radius 3 is 2.71 bits per heavy atom. The van der Waals surface area contributed by atoms with Crippen molar-refractivity contribution in [3.63, 3.8) is 0 Å². The summed E-state index contributed by atoms with van der Waals surface area (Å²) in [6.45, 7) is 0. The number of rotatable bonds is 7. The van der Waals surface area contributed by atoms with Gasteiger partial charge >= 0.3 is 11.9 Å². The van der Waals surface area contributed by atoms with Crippen LogP contribution in [0.2, 0.25) is 0 Å². The Bertz CT molecular complexity index is 1030. The van der Waals surface area contributed by atoms with Gasteiger partial charge in [-0.2, -0.15) is 0 Å². The highest BCUT2D eigenvalue weighted by atomic mass is 19.1. The van der Waals surface area contributed by atoms with Crippen molar-refractivity contribution in [2.24, 2.45) is 5.92 Å².